The number of amides is 1. The fraction of sp³-hybridized carbons (Fsp3) is 0.200. The molecule has 2 atom stereocenters. The van der Waals surface area contributed by atoms with Gasteiger partial charge >= 0.3 is 0 Å². The molecule has 0 saturated heterocycles. The first-order chi connectivity index (χ1) is 18.0. The van der Waals surface area contributed by atoms with Crippen LogP contribution in [-0.4, -0.2) is 42.1 Å². The average molecular weight is 521 g/mol. The Morgan fingerprint density at radius 1 is 1.03 bits per heavy atom. The van der Waals surface area contributed by atoms with Crippen LogP contribution in [0.15, 0.2) is 64.5 Å². The number of pyridine rings is 1. The molecular weight excluding hydrogens is 502 g/mol. The van der Waals surface area contributed by atoms with Gasteiger partial charge in [-0.2, -0.15) is 0 Å². The lowest BCUT2D eigenvalue weighted by Gasteiger charge is -2.51. The first-order valence-corrected chi connectivity index (χ1v) is 12.6. The molecule has 3 aliphatic heterocycles. The Morgan fingerprint density at radius 3 is 2.73 bits per heavy atom. The van der Waals surface area contributed by atoms with E-state index in [0.717, 1.165) is 16.5 Å². The molecule has 0 radical (unpaired) electrons. The number of benzene rings is 2. The first kappa shape index (κ1) is 22.0. The topological polar surface area (TPSA) is 96.5 Å². The van der Waals surface area contributed by atoms with E-state index in [-0.39, 0.29) is 23.6 Å². The third-order valence-electron chi connectivity index (χ3n) is 7.15. The number of nitrogens with zero attached hydrogens (tertiary/aromatic N) is 6. The molecule has 2 aromatic carbocycles. The summed E-state index contributed by atoms with van der Waals surface area (Å²) < 4.78 is 32.8. The van der Waals surface area contributed by atoms with Crippen molar-refractivity contribution in [2.75, 3.05) is 11.6 Å². The minimum atomic E-state index is -0.943. The summed E-state index contributed by atoms with van der Waals surface area (Å²) >= 11 is 1.39. The van der Waals surface area contributed by atoms with Crippen LogP contribution in [0.1, 0.15) is 45.1 Å². The van der Waals surface area contributed by atoms with Crippen molar-refractivity contribution in [1.82, 2.24) is 24.6 Å². The van der Waals surface area contributed by atoms with Gasteiger partial charge in [0.1, 0.15) is 5.69 Å². The maximum absolute atomic E-state index is 15.2. The second-order valence-corrected chi connectivity index (χ2v) is 10.0. The molecule has 3 aliphatic rings. The van der Waals surface area contributed by atoms with Crippen LogP contribution in [0.3, 0.4) is 0 Å². The Kier molecular flexibility index (Phi) is 4.71. The molecule has 37 heavy (non-hydrogen) atoms. The van der Waals surface area contributed by atoms with Crippen molar-refractivity contribution >= 4 is 17.7 Å². The van der Waals surface area contributed by atoms with Crippen LogP contribution in [0, 0.1) is 11.6 Å². The summed E-state index contributed by atoms with van der Waals surface area (Å²) in [5.41, 5.74) is 1.26. The molecule has 0 aliphatic carbocycles. The second kappa shape index (κ2) is 7.90. The zero-order chi connectivity index (χ0) is 25.4. The molecule has 4 aromatic rings. The molecule has 0 bridgehead atoms. The van der Waals surface area contributed by atoms with Crippen molar-refractivity contribution in [1.29, 1.82) is 0 Å². The molecule has 1 unspecified atom stereocenters. The van der Waals surface area contributed by atoms with Crippen LogP contribution in [-0.2, 0) is 12.3 Å². The SMILES string of the molecule is O=C1c2c(O)c(=O)ccn2N([C@H]2c3ccccc3SCc3c2ccc(F)c3F)C2c3cnnn3CCN12. The Labute approximate surface area is 212 Å². The fourth-order valence-electron chi connectivity index (χ4n) is 5.49. The normalized spacial score (nSPS) is 19.9. The lowest BCUT2D eigenvalue weighted by Crippen LogP contribution is -2.60. The molecule has 9 nitrogen and oxygen atoms in total. The summed E-state index contributed by atoms with van der Waals surface area (Å²) in [5.74, 6) is -2.86. The van der Waals surface area contributed by atoms with Gasteiger partial charge in [-0.3, -0.25) is 19.3 Å². The predicted octanol–water partition coefficient (Wildman–Crippen LogP) is 2.93. The average Bonchev–Trinajstić information content (AvgIpc) is 3.32. The number of carbonyl (C=O) groups excluding carboxylic acids is 1. The van der Waals surface area contributed by atoms with Crippen LogP contribution >= 0.6 is 11.8 Å². The van der Waals surface area contributed by atoms with Gasteiger partial charge in [-0.15, -0.1) is 16.9 Å². The van der Waals surface area contributed by atoms with Crippen LogP contribution in [0.25, 0.3) is 0 Å². The maximum Gasteiger partial charge on any atom is 0.278 e. The minimum Gasteiger partial charge on any atom is -0.502 e. The zero-order valence-corrected chi connectivity index (χ0v) is 19.9. The predicted molar refractivity (Wildman–Crippen MR) is 129 cm³/mol. The maximum atomic E-state index is 15.2. The standard InChI is InChI=1S/C25H18F2N6O3S/c26-16-6-5-13-15(20(16)27)12-37-19-4-2-1-3-14(19)21(13)33-24-17-11-28-29-31(17)10-9-30(24)25(36)22-23(35)18(34)7-8-32(22)33/h1-8,11,21,24,35H,9-10,12H2/t21-,24?/m1/s1. The highest BCUT2D eigenvalue weighted by Gasteiger charge is 2.48. The van der Waals surface area contributed by atoms with Crippen LogP contribution in [0.2, 0.25) is 0 Å². The summed E-state index contributed by atoms with van der Waals surface area (Å²) in [6, 6.07) is 10.7. The Bertz CT molecular complexity index is 1670. The minimum absolute atomic E-state index is 0.191. The van der Waals surface area contributed by atoms with Gasteiger partial charge in [0.25, 0.3) is 5.91 Å². The first-order valence-electron chi connectivity index (χ1n) is 11.6. The smallest absolute Gasteiger partial charge is 0.278 e. The van der Waals surface area contributed by atoms with Crippen molar-refractivity contribution in [2.45, 2.75) is 29.4 Å². The van der Waals surface area contributed by atoms with E-state index in [4.69, 9.17) is 0 Å². The second-order valence-electron chi connectivity index (χ2n) is 9.01. The fourth-order valence-corrected chi connectivity index (χ4v) is 6.61. The molecule has 12 heteroatoms. The van der Waals surface area contributed by atoms with Crippen molar-refractivity contribution in [2.24, 2.45) is 0 Å². The van der Waals surface area contributed by atoms with E-state index in [0.29, 0.717) is 17.8 Å². The van der Waals surface area contributed by atoms with Gasteiger partial charge in [0, 0.05) is 35.0 Å². The van der Waals surface area contributed by atoms with E-state index < -0.39 is 40.9 Å². The summed E-state index contributed by atoms with van der Waals surface area (Å²) in [5, 5.41) is 20.8. The lowest BCUT2D eigenvalue weighted by molar-refractivity contribution is 0.0464. The number of fused-ring (bicyclic) bond motifs is 6. The van der Waals surface area contributed by atoms with E-state index in [2.05, 4.69) is 10.3 Å². The number of aromatic hydroxyl groups is 1. The lowest BCUT2D eigenvalue weighted by atomic mass is 9.92. The highest BCUT2D eigenvalue weighted by Crippen LogP contribution is 2.47. The van der Waals surface area contributed by atoms with E-state index in [1.807, 2.05) is 29.3 Å². The number of halogens is 2. The number of hydrogen-bond acceptors (Lipinski definition) is 7. The highest BCUT2D eigenvalue weighted by atomic mass is 32.2. The molecule has 7 rings (SSSR count). The summed E-state index contributed by atoms with van der Waals surface area (Å²) in [4.78, 5) is 28.5. The van der Waals surface area contributed by atoms with Crippen molar-refractivity contribution in [3.05, 3.63) is 105 Å². The molecule has 0 fully saturated rings. The van der Waals surface area contributed by atoms with Gasteiger partial charge in [0.15, 0.2) is 29.2 Å². The van der Waals surface area contributed by atoms with Crippen LogP contribution < -0.4 is 10.4 Å². The quantitative estimate of drug-likeness (QED) is 0.412. The van der Waals surface area contributed by atoms with Gasteiger partial charge in [-0.05, 0) is 23.3 Å². The van der Waals surface area contributed by atoms with Crippen LogP contribution in [0.4, 0.5) is 8.78 Å². The highest BCUT2D eigenvalue weighted by molar-refractivity contribution is 7.98. The number of thioether (sulfide) groups is 1. The van der Waals surface area contributed by atoms with Crippen molar-refractivity contribution in [3.8, 4) is 5.75 Å². The Hall–Kier alpha value is -4.19. The molecule has 1 amide bonds. The van der Waals surface area contributed by atoms with Gasteiger partial charge in [-0.25, -0.2) is 13.5 Å². The molecule has 186 valence electrons. The third kappa shape index (κ3) is 3.02. The van der Waals surface area contributed by atoms with Crippen LogP contribution in [0.5, 0.6) is 5.75 Å². The summed E-state index contributed by atoms with van der Waals surface area (Å²) in [6.07, 6.45) is 2.23. The van der Waals surface area contributed by atoms with Gasteiger partial charge in [0.2, 0.25) is 5.43 Å². The summed E-state index contributed by atoms with van der Waals surface area (Å²) in [6.45, 7) is 0.614. The Morgan fingerprint density at radius 2 is 1.86 bits per heavy atom. The molecular formula is C25H18F2N6O3S. The van der Waals surface area contributed by atoms with Crippen molar-refractivity contribution < 1.29 is 18.7 Å². The van der Waals surface area contributed by atoms with E-state index >= 15 is 4.39 Å². The number of hydrogen-bond donors (Lipinski definition) is 1. The monoisotopic (exact) mass is 520 g/mol. The number of rotatable bonds is 1. The van der Waals surface area contributed by atoms with Gasteiger partial charge < -0.3 is 10.0 Å². The molecule has 2 aromatic heterocycles. The number of aromatic nitrogens is 4. The van der Waals surface area contributed by atoms with Gasteiger partial charge in [-0.1, -0.05) is 29.5 Å². The zero-order valence-electron chi connectivity index (χ0n) is 19.1. The van der Waals surface area contributed by atoms with E-state index in [1.165, 1.54) is 28.7 Å². The van der Waals surface area contributed by atoms with Crippen molar-refractivity contribution in [3.63, 3.8) is 0 Å². The molecule has 5 heterocycles. The molecule has 0 spiro atoms. The number of carbonyl (C=O) groups is 1. The van der Waals surface area contributed by atoms with E-state index in [9.17, 15) is 19.1 Å². The molecule has 0 saturated carbocycles. The van der Waals surface area contributed by atoms with Gasteiger partial charge in [0.05, 0.1) is 18.8 Å². The van der Waals surface area contributed by atoms with E-state index in [1.54, 1.807) is 21.8 Å². The molecule has 1 N–H and O–H groups in total. The Balaban J connectivity index is 1.58. The largest absolute Gasteiger partial charge is 0.502 e. The third-order valence-corrected chi connectivity index (χ3v) is 8.27. The summed E-state index contributed by atoms with van der Waals surface area (Å²) in [7, 11) is 0.